The van der Waals surface area contributed by atoms with Crippen molar-refractivity contribution in [1.29, 1.82) is 0 Å². The van der Waals surface area contributed by atoms with Crippen molar-refractivity contribution in [3.05, 3.63) is 57.5 Å². The van der Waals surface area contributed by atoms with Gasteiger partial charge in [0.15, 0.2) is 10.4 Å². The monoisotopic (exact) mass is 404 g/mol. The van der Waals surface area contributed by atoms with Crippen LogP contribution in [0, 0.1) is 6.92 Å². The summed E-state index contributed by atoms with van der Waals surface area (Å²) in [4.78, 5) is 26.5. The molecule has 2 amide bonds. The highest BCUT2D eigenvalue weighted by Crippen LogP contribution is 2.19. The van der Waals surface area contributed by atoms with Crippen LogP contribution in [0.5, 0.6) is 0 Å². The van der Waals surface area contributed by atoms with E-state index in [1.54, 1.807) is 6.07 Å². The summed E-state index contributed by atoms with van der Waals surface area (Å²) in [5.41, 5.74) is 2.42. The lowest BCUT2D eigenvalue weighted by atomic mass is 10.1. The minimum absolute atomic E-state index is 0.0892. The molecule has 132 valence electrons. The van der Waals surface area contributed by atoms with Gasteiger partial charge in [-0.15, -0.1) is 0 Å². The van der Waals surface area contributed by atoms with Gasteiger partial charge in [-0.05, 0) is 65.9 Å². The first-order valence-corrected chi connectivity index (χ1v) is 9.26. The summed E-state index contributed by atoms with van der Waals surface area (Å²) in [5, 5.41) is 2.83. The van der Waals surface area contributed by atoms with E-state index in [0.29, 0.717) is 22.5 Å². The summed E-state index contributed by atoms with van der Waals surface area (Å²) < 4.78 is 5.87. The van der Waals surface area contributed by atoms with Crippen LogP contribution >= 0.6 is 15.9 Å². The number of rotatable bonds is 4. The molecule has 2 aromatic rings. The van der Waals surface area contributed by atoms with Gasteiger partial charge in [0.1, 0.15) is 0 Å². The molecule has 1 aromatic carbocycles. The predicted molar refractivity (Wildman–Crippen MR) is 98.5 cm³/mol. The molecule has 5 nitrogen and oxygen atoms in total. The molecule has 1 aliphatic rings. The van der Waals surface area contributed by atoms with Crippen molar-refractivity contribution in [2.45, 2.75) is 32.7 Å². The minimum atomic E-state index is -0.253. The highest BCUT2D eigenvalue weighted by molar-refractivity contribution is 9.10. The number of hydrogen-bond donors (Lipinski definition) is 1. The average Bonchev–Trinajstić information content (AvgIpc) is 2.98. The van der Waals surface area contributed by atoms with Gasteiger partial charge in [-0.3, -0.25) is 9.59 Å². The quantitative estimate of drug-likeness (QED) is 0.839. The zero-order valence-corrected chi connectivity index (χ0v) is 15.8. The Morgan fingerprint density at radius 2 is 1.84 bits per heavy atom. The first-order valence-electron chi connectivity index (χ1n) is 8.47. The number of aryl methyl sites for hydroxylation is 1. The largest absolute Gasteiger partial charge is 0.444 e. The second kappa shape index (κ2) is 7.87. The van der Waals surface area contributed by atoms with Crippen LogP contribution in [0.15, 0.2) is 39.4 Å². The number of carbonyl (C=O) groups excluding carboxylic acids is 2. The average molecular weight is 405 g/mol. The molecule has 1 aromatic heterocycles. The molecule has 2 heterocycles. The summed E-state index contributed by atoms with van der Waals surface area (Å²) in [6.07, 6.45) is 3.37. The van der Waals surface area contributed by atoms with Crippen molar-refractivity contribution in [3.63, 3.8) is 0 Å². The first-order chi connectivity index (χ1) is 12.0. The van der Waals surface area contributed by atoms with E-state index in [9.17, 15) is 9.59 Å². The van der Waals surface area contributed by atoms with Gasteiger partial charge in [0.05, 0.1) is 0 Å². The van der Waals surface area contributed by atoms with Gasteiger partial charge in [0, 0.05) is 30.8 Å². The Labute approximate surface area is 155 Å². The van der Waals surface area contributed by atoms with Gasteiger partial charge in [-0.1, -0.05) is 12.1 Å². The molecule has 0 atom stereocenters. The van der Waals surface area contributed by atoms with Crippen LogP contribution in [0.1, 0.15) is 51.3 Å². The molecule has 0 radical (unpaired) electrons. The summed E-state index contributed by atoms with van der Waals surface area (Å²) in [5.74, 6) is 0.145. The van der Waals surface area contributed by atoms with E-state index in [1.807, 2.05) is 36.1 Å². The number of nitrogens with one attached hydrogen (secondary N) is 1. The van der Waals surface area contributed by atoms with E-state index in [1.165, 1.54) is 6.42 Å². The Hall–Kier alpha value is -2.08. The Morgan fingerprint density at radius 3 is 2.44 bits per heavy atom. The van der Waals surface area contributed by atoms with E-state index in [2.05, 4.69) is 21.2 Å². The van der Waals surface area contributed by atoms with Crippen molar-refractivity contribution >= 4 is 27.7 Å². The molecule has 0 unspecified atom stereocenters. The second-order valence-electron chi connectivity index (χ2n) is 6.30. The lowest BCUT2D eigenvalue weighted by Crippen LogP contribution is -2.35. The van der Waals surface area contributed by atoms with Crippen molar-refractivity contribution in [2.75, 3.05) is 13.1 Å². The van der Waals surface area contributed by atoms with Crippen molar-refractivity contribution < 1.29 is 14.0 Å². The number of halogens is 1. The number of carbonyl (C=O) groups is 2. The Kier molecular flexibility index (Phi) is 5.58. The summed E-state index contributed by atoms with van der Waals surface area (Å²) >= 11 is 3.22. The third-order valence-corrected chi connectivity index (χ3v) is 4.78. The van der Waals surface area contributed by atoms with E-state index in [-0.39, 0.29) is 11.8 Å². The molecule has 25 heavy (non-hydrogen) atoms. The fourth-order valence-corrected chi connectivity index (χ4v) is 3.48. The number of nitrogens with zero attached hydrogens (tertiary/aromatic N) is 1. The SMILES string of the molecule is Cc1cc(Br)oc1C(=O)NCc1ccc(C(=O)N2CCCCC2)cc1. The third-order valence-electron chi connectivity index (χ3n) is 4.39. The number of benzene rings is 1. The molecule has 1 saturated heterocycles. The van der Waals surface area contributed by atoms with Crippen LogP contribution in [-0.2, 0) is 6.54 Å². The van der Waals surface area contributed by atoms with Gasteiger partial charge in [0.25, 0.3) is 11.8 Å². The fourth-order valence-electron chi connectivity index (χ4n) is 2.98. The number of likely N-dealkylation sites (tertiary alicyclic amines) is 1. The van der Waals surface area contributed by atoms with E-state index in [4.69, 9.17) is 4.42 Å². The Balaban J connectivity index is 1.58. The van der Waals surface area contributed by atoms with Gasteiger partial charge in [-0.25, -0.2) is 0 Å². The smallest absolute Gasteiger partial charge is 0.287 e. The molecule has 1 N–H and O–H groups in total. The first kappa shape index (κ1) is 17.7. The maximum Gasteiger partial charge on any atom is 0.287 e. The maximum atomic E-state index is 12.4. The Morgan fingerprint density at radius 1 is 1.16 bits per heavy atom. The Bertz CT molecular complexity index is 761. The highest BCUT2D eigenvalue weighted by atomic mass is 79.9. The minimum Gasteiger partial charge on any atom is -0.444 e. The molecule has 0 saturated carbocycles. The van der Waals surface area contributed by atoms with Gasteiger partial charge in [0.2, 0.25) is 0 Å². The van der Waals surface area contributed by atoms with Crippen LogP contribution in [0.25, 0.3) is 0 Å². The number of amides is 2. The molecule has 0 spiro atoms. The molecule has 0 bridgehead atoms. The lowest BCUT2D eigenvalue weighted by molar-refractivity contribution is 0.0724. The van der Waals surface area contributed by atoms with Gasteiger partial charge in [-0.2, -0.15) is 0 Å². The highest BCUT2D eigenvalue weighted by Gasteiger charge is 2.18. The van der Waals surface area contributed by atoms with Crippen molar-refractivity contribution in [1.82, 2.24) is 10.2 Å². The summed E-state index contributed by atoms with van der Waals surface area (Å²) in [6, 6.07) is 9.17. The zero-order chi connectivity index (χ0) is 17.8. The number of piperidine rings is 1. The molecule has 1 aliphatic heterocycles. The normalized spacial score (nSPS) is 14.4. The van der Waals surface area contributed by atoms with E-state index >= 15 is 0 Å². The molecule has 0 aliphatic carbocycles. The van der Waals surface area contributed by atoms with Crippen molar-refractivity contribution in [2.24, 2.45) is 0 Å². The molecule has 3 rings (SSSR count). The number of furan rings is 1. The lowest BCUT2D eigenvalue weighted by Gasteiger charge is -2.26. The van der Waals surface area contributed by atoms with Crippen LogP contribution in [-0.4, -0.2) is 29.8 Å². The standard InChI is InChI=1S/C19H21BrN2O3/c1-13-11-16(20)25-17(13)18(23)21-12-14-5-7-15(8-6-14)19(24)22-9-3-2-4-10-22/h5-8,11H,2-4,9-10,12H2,1H3,(H,21,23). The maximum absolute atomic E-state index is 12.4. The third kappa shape index (κ3) is 4.31. The fraction of sp³-hybridized carbons (Fsp3) is 0.368. The van der Waals surface area contributed by atoms with Gasteiger partial charge >= 0.3 is 0 Å². The predicted octanol–water partition coefficient (Wildman–Crippen LogP) is 3.91. The van der Waals surface area contributed by atoms with E-state index < -0.39 is 0 Å². The molecule has 1 fully saturated rings. The molecule has 6 heteroatoms. The van der Waals surface area contributed by atoms with Crippen LogP contribution < -0.4 is 5.32 Å². The summed E-state index contributed by atoms with van der Waals surface area (Å²) in [6.45, 7) is 3.89. The molecular formula is C19H21BrN2O3. The van der Waals surface area contributed by atoms with Crippen LogP contribution in [0.2, 0.25) is 0 Å². The van der Waals surface area contributed by atoms with Crippen LogP contribution in [0.4, 0.5) is 0 Å². The van der Waals surface area contributed by atoms with Crippen molar-refractivity contribution in [3.8, 4) is 0 Å². The zero-order valence-electron chi connectivity index (χ0n) is 14.2. The van der Waals surface area contributed by atoms with Crippen LogP contribution in [0.3, 0.4) is 0 Å². The second-order valence-corrected chi connectivity index (χ2v) is 7.08. The number of hydrogen-bond acceptors (Lipinski definition) is 3. The molecular weight excluding hydrogens is 384 g/mol. The van der Waals surface area contributed by atoms with Gasteiger partial charge < -0.3 is 14.6 Å². The van der Waals surface area contributed by atoms with E-state index in [0.717, 1.165) is 37.1 Å². The summed E-state index contributed by atoms with van der Waals surface area (Å²) in [7, 11) is 0. The topological polar surface area (TPSA) is 62.6 Å².